The quantitative estimate of drug-likeness (QED) is 0.652. The number of rotatable bonds is 6. The van der Waals surface area contributed by atoms with E-state index in [1.165, 1.54) is 12.1 Å². The van der Waals surface area contributed by atoms with Gasteiger partial charge < -0.3 is 9.69 Å². The number of aldehydes is 1. The number of H-pyrrole nitrogens is 1. The molecule has 1 atom stereocenters. The van der Waals surface area contributed by atoms with Gasteiger partial charge in [-0.1, -0.05) is 13.0 Å². The molecular weight excluding hydrogens is 369 g/mol. The first-order valence-electron chi connectivity index (χ1n) is 9.81. The van der Waals surface area contributed by atoms with E-state index >= 15 is 0 Å². The van der Waals surface area contributed by atoms with E-state index in [2.05, 4.69) is 25.0 Å². The maximum Gasteiger partial charge on any atom is 0.128 e. The van der Waals surface area contributed by atoms with Crippen LogP contribution in [0.15, 0.2) is 48.8 Å². The minimum atomic E-state index is -0.246. The van der Waals surface area contributed by atoms with E-state index in [9.17, 15) is 9.18 Å². The lowest BCUT2D eigenvalue weighted by Gasteiger charge is -2.35. The van der Waals surface area contributed by atoms with E-state index in [-0.39, 0.29) is 11.7 Å². The van der Waals surface area contributed by atoms with Crippen LogP contribution in [0.3, 0.4) is 0 Å². The van der Waals surface area contributed by atoms with Gasteiger partial charge in [-0.3, -0.25) is 10.00 Å². The van der Waals surface area contributed by atoms with E-state index in [1.807, 2.05) is 25.3 Å². The first-order chi connectivity index (χ1) is 14.1. The second-order valence-corrected chi connectivity index (χ2v) is 7.40. The lowest BCUT2D eigenvalue weighted by atomic mass is 10.1. The standard InChI is InChI=1S/C22H24FN5O/c1-16(15-29)18-4-7-21(24-12-18)28-10-8-27(9-11-28)14-19-13-25-26-22(19)17-2-5-20(23)6-3-17/h2-7,12-13,15-16H,8-11,14H2,1H3,(H,25,26). The van der Waals surface area contributed by atoms with Crippen molar-refractivity contribution >= 4 is 12.1 Å². The Kier molecular flexibility index (Phi) is 5.67. The Hall–Kier alpha value is -3.06. The molecule has 7 heteroatoms. The summed E-state index contributed by atoms with van der Waals surface area (Å²) in [7, 11) is 0. The summed E-state index contributed by atoms with van der Waals surface area (Å²) in [6.07, 6.45) is 4.65. The average Bonchev–Trinajstić information content (AvgIpc) is 3.22. The van der Waals surface area contributed by atoms with Gasteiger partial charge in [-0.05, 0) is 35.9 Å². The van der Waals surface area contributed by atoms with Gasteiger partial charge in [0.25, 0.3) is 0 Å². The molecule has 1 aliphatic rings. The number of nitrogens with zero attached hydrogens (tertiary/aromatic N) is 4. The molecule has 1 unspecified atom stereocenters. The highest BCUT2D eigenvalue weighted by Crippen LogP contribution is 2.24. The van der Waals surface area contributed by atoms with Gasteiger partial charge >= 0.3 is 0 Å². The molecule has 3 aromatic rings. The van der Waals surface area contributed by atoms with Gasteiger partial charge in [-0.15, -0.1) is 0 Å². The van der Waals surface area contributed by atoms with Gasteiger partial charge in [0.1, 0.15) is 17.9 Å². The summed E-state index contributed by atoms with van der Waals surface area (Å²) >= 11 is 0. The Morgan fingerprint density at radius 3 is 2.55 bits per heavy atom. The topological polar surface area (TPSA) is 65.1 Å². The van der Waals surface area contributed by atoms with Gasteiger partial charge in [0.05, 0.1) is 5.69 Å². The molecule has 3 heterocycles. The summed E-state index contributed by atoms with van der Waals surface area (Å²) in [5.74, 6) is 0.574. The molecule has 150 valence electrons. The molecular formula is C22H24FN5O. The number of hydrogen-bond donors (Lipinski definition) is 1. The number of carbonyl (C=O) groups excluding carboxylic acids is 1. The van der Waals surface area contributed by atoms with E-state index in [0.29, 0.717) is 0 Å². The van der Waals surface area contributed by atoms with Crippen molar-refractivity contribution in [2.45, 2.75) is 19.4 Å². The third-order valence-corrected chi connectivity index (χ3v) is 5.43. The van der Waals surface area contributed by atoms with Crippen LogP contribution >= 0.6 is 0 Å². The number of aromatic amines is 1. The van der Waals surface area contributed by atoms with Crippen molar-refractivity contribution in [1.29, 1.82) is 0 Å². The summed E-state index contributed by atoms with van der Waals surface area (Å²) < 4.78 is 13.2. The molecule has 2 aromatic heterocycles. The molecule has 1 fully saturated rings. The van der Waals surface area contributed by atoms with Crippen LogP contribution in [0.5, 0.6) is 0 Å². The number of carbonyl (C=O) groups is 1. The van der Waals surface area contributed by atoms with Crippen molar-refractivity contribution in [1.82, 2.24) is 20.1 Å². The highest BCUT2D eigenvalue weighted by atomic mass is 19.1. The van der Waals surface area contributed by atoms with Crippen molar-refractivity contribution in [3.63, 3.8) is 0 Å². The fraction of sp³-hybridized carbons (Fsp3) is 0.318. The van der Waals surface area contributed by atoms with Gasteiger partial charge in [0.2, 0.25) is 0 Å². The SMILES string of the molecule is CC(C=O)c1ccc(N2CCN(Cc3c[nH]nc3-c3ccc(F)cc3)CC2)nc1. The molecule has 0 spiro atoms. The van der Waals surface area contributed by atoms with Gasteiger partial charge in [-0.25, -0.2) is 9.37 Å². The fourth-order valence-corrected chi connectivity index (χ4v) is 3.60. The van der Waals surface area contributed by atoms with Crippen molar-refractivity contribution < 1.29 is 9.18 Å². The lowest BCUT2D eigenvalue weighted by Crippen LogP contribution is -2.46. The number of aromatic nitrogens is 3. The molecule has 29 heavy (non-hydrogen) atoms. The van der Waals surface area contributed by atoms with Gasteiger partial charge in [0, 0.05) is 62.2 Å². The summed E-state index contributed by atoms with van der Waals surface area (Å²) in [6.45, 7) is 6.28. The molecule has 0 radical (unpaired) electrons. The number of hydrogen-bond acceptors (Lipinski definition) is 5. The van der Waals surface area contributed by atoms with Gasteiger partial charge in [0.15, 0.2) is 0 Å². The molecule has 0 aliphatic carbocycles. The Labute approximate surface area is 169 Å². The summed E-state index contributed by atoms with van der Waals surface area (Å²) in [5.41, 5.74) is 3.83. The van der Waals surface area contributed by atoms with Gasteiger partial charge in [-0.2, -0.15) is 5.10 Å². The van der Waals surface area contributed by atoms with Crippen LogP contribution < -0.4 is 4.90 Å². The van der Waals surface area contributed by atoms with E-state index in [1.54, 1.807) is 18.3 Å². The van der Waals surface area contributed by atoms with Crippen molar-refractivity contribution in [3.05, 3.63) is 65.7 Å². The molecule has 6 nitrogen and oxygen atoms in total. The maximum atomic E-state index is 13.2. The minimum absolute atomic E-state index is 0.126. The second-order valence-electron chi connectivity index (χ2n) is 7.40. The first-order valence-corrected chi connectivity index (χ1v) is 9.81. The summed E-state index contributed by atoms with van der Waals surface area (Å²) in [6, 6.07) is 10.4. The Morgan fingerprint density at radius 1 is 1.14 bits per heavy atom. The Balaban J connectivity index is 1.37. The first kappa shape index (κ1) is 19.3. The molecule has 0 bridgehead atoms. The predicted octanol–water partition coefficient (Wildman–Crippen LogP) is 3.24. The van der Waals surface area contributed by atoms with Crippen LogP contribution in [0.25, 0.3) is 11.3 Å². The summed E-state index contributed by atoms with van der Waals surface area (Å²) in [5, 5.41) is 7.29. The van der Waals surface area contributed by atoms with Crippen molar-refractivity contribution in [2.24, 2.45) is 0 Å². The van der Waals surface area contributed by atoms with Crippen molar-refractivity contribution in [3.8, 4) is 11.3 Å². The van der Waals surface area contributed by atoms with E-state index in [4.69, 9.17) is 0 Å². The zero-order valence-electron chi connectivity index (χ0n) is 16.4. The average molecular weight is 393 g/mol. The third-order valence-electron chi connectivity index (χ3n) is 5.43. The zero-order chi connectivity index (χ0) is 20.2. The number of nitrogens with one attached hydrogen (secondary N) is 1. The van der Waals surface area contributed by atoms with E-state index < -0.39 is 0 Å². The molecule has 0 saturated carbocycles. The number of piperazine rings is 1. The monoisotopic (exact) mass is 393 g/mol. The highest BCUT2D eigenvalue weighted by Gasteiger charge is 2.20. The smallest absolute Gasteiger partial charge is 0.128 e. The summed E-state index contributed by atoms with van der Waals surface area (Å²) in [4.78, 5) is 20.1. The molecule has 1 aromatic carbocycles. The Bertz CT molecular complexity index is 946. The Morgan fingerprint density at radius 2 is 1.90 bits per heavy atom. The molecule has 1 saturated heterocycles. The highest BCUT2D eigenvalue weighted by molar-refractivity contribution is 5.62. The lowest BCUT2D eigenvalue weighted by molar-refractivity contribution is -0.108. The molecule has 4 rings (SSSR count). The molecule has 0 amide bonds. The number of pyridine rings is 1. The largest absolute Gasteiger partial charge is 0.354 e. The van der Waals surface area contributed by atoms with Crippen LogP contribution in [0.4, 0.5) is 10.2 Å². The molecule has 1 aliphatic heterocycles. The minimum Gasteiger partial charge on any atom is -0.354 e. The van der Waals surface area contributed by atoms with Crippen LogP contribution in [-0.4, -0.2) is 52.5 Å². The van der Waals surface area contributed by atoms with Crippen LogP contribution in [0.2, 0.25) is 0 Å². The normalized spacial score (nSPS) is 16.0. The van der Waals surface area contributed by atoms with E-state index in [0.717, 1.165) is 67.2 Å². The molecule has 1 N–H and O–H groups in total. The van der Waals surface area contributed by atoms with Crippen LogP contribution in [-0.2, 0) is 11.3 Å². The second kappa shape index (κ2) is 8.53. The number of benzene rings is 1. The number of halogens is 1. The van der Waals surface area contributed by atoms with Crippen LogP contribution in [0.1, 0.15) is 24.0 Å². The number of anilines is 1. The fourth-order valence-electron chi connectivity index (χ4n) is 3.60. The van der Waals surface area contributed by atoms with Crippen molar-refractivity contribution in [2.75, 3.05) is 31.1 Å². The van der Waals surface area contributed by atoms with Crippen LogP contribution in [0, 0.1) is 5.82 Å². The third kappa shape index (κ3) is 4.35. The maximum absolute atomic E-state index is 13.2. The zero-order valence-corrected chi connectivity index (χ0v) is 16.4. The predicted molar refractivity (Wildman–Crippen MR) is 110 cm³/mol.